The molecule has 0 aliphatic carbocycles. The molecule has 0 aromatic carbocycles. The van der Waals surface area contributed by atoms with Gasteiger partial charge >= 0.3 is 20.1 Å². The molecule has 7 nitrogen and oxygen atoms in total. The molecule has 0 rings (SSSR count). The van der Waals surface area contributed by atoms with Crippen LogP contribution in [-0.2, 0) is 18.8 Å². The van der Waals surface area contributed by atoms with E-state index in [1.54, 1.807) is 13.8 Å². The van der Waals surface area contributed by atoms with Crippen LogP contribution in [0.5, 0.6) is 0 Å². The largest absolute Gasteiger partial charge is 0.505 e. The van der Waals surface area contributed by atoms with Crippen molar-refractivity contribution in [2.75, 3.05) is 13.0 Å². The van der Waals surface area contributed by atoms with Crippen LogP contribution in [0, 0.1) is 11.8 Å². The zero-order valence-corrected chi connectivity index (χ0v) is 14.0. The van der Waals surface area contributed by atoms with Crippen LogP contribution < -0.4 is 5.32 Å². The van der Waals surface area contributed by atoms with Crippen LogP contribution in [0.1, 0.15) is 40.0 Å². The lowest BCUT2D eigenvalue weighted by atomic mass is 10.0. The van der Waals surface area contributed by atoms with Gasteiger partial charge in [-0.15, -0.1) is 0 Å². The van der Waals surface area contributed by atoms with E-state index in [4.69, 9.17) is 4.89 Å². The summed E-state index contributed by atoms with van der Waals surface area (Å²) in [7, 11) is -2.17. The molecule has 3 unspecified atom stereocenters. The summed E-state index contributed by atoms with van der Waals surface area (Å²) in [5.41, 5.74) is 0. The predicted molar refractivity (Wildman–Crippen MR) is 78.0 cm³/mol. The lowest BCUT2D eigenvalue weighted by molar-refractivity contribution is -0.155. The van der Waals surface area contributed by atoms with Crippen LogP contribution in [0.15, 0.2) is 0 Å². The SMILES string of the molecule is CC(CCC(F)NC(=O)OCOC(=O)C(C)C)CC[P+](=O)O. The minimum Gasteiger partial charge on any atom is -0.428 e. The van der Waals surface area contributed by atoms with Crippen LogP contribution in [-0.4, -0.2) is 36.2 Å². The van der Waals surface area contributed by atoms with Crippen molar-refractivity contribution in [2.24, 2.45) is 11.8 Å². The van der Waals surface area contributed by atoms with E-state index in [9.17, 15) is 18.5 Å². The number of esters is 1. The Balaban J connectivity index is 3.77. The summed E-state index contributed by atoms with van der Waals surface area (Å²) >= 11 is 0. The summed E-state index contributed by atoms with van der Waals surface area (Å²) in [4.78, 5) is 31.0. The molecule has 0 heterocycles. The Labute approximate surface area is 130 Å². The van der Waals surface area contributed by atoms with Crippen LogP contribution in [0.3, 0.4) is 0 Å². The zero-order valence-electron chi connectivity index (χ0n) is 13.1. The van der Waals surface area contributed by atoms with Crippen molar-refractivity contribution in [3.05, 3.63) is 0 Å². The zero-order chi connectivity index (χ0) is 17.1. The topological polar surface area (TPSA) is 102 Å². The molecule has 128 valence electrons. The molecule has 0 fully saturated rings. The quantitative estimate of drug-likeness (QED) is 0.274. The van der Waals surface area contributed by atoms with Crippen molar-refractivity contribution in [3.63, 3.8) is 0 Å². The van der Waals surface area contributed by atoms with Crippen molar-refractivity contribution in [2.45, 2.75) is 46.3 Å². The molecule has 0 aromatic rings. The number of nitrogens with one attached hydrogen (secondary N) is 1. The highest BCUT2D eigenvalue weighted by Gasteiger charge is 2.17. The van der Waals surface area contributed by atoms with E-state index in [0.717, 1.165) is 0 Å². The average Bonchev–Trinajstić information content (AvgIpc) is 2.42. The number of carbonyl (C=O) groups is 2. The number of hydrogen-bond donors (Lipinski definition) is 2. The fourth-order valence-corrected chi connectivity index (χ4v) is 2.12. The van der Waals surface area contributed by atoms with E-state index in [1.165, 1.54) is 0 Å². The normalized spacial score (nSPS) is 14.2. The molecule has 9 heteroatoms. The first-order valence-electron chi connectivity index (χ1n) is 7.10. The fraction of sp³-hybridized carbons (Fsp3) is 0.846. The molecule has 2 N–H and O–H groups in total. The molecule has 0 bridgehead atoms. The van der Waals surface area contributed by atoms with Gasteiger partial charge in [-0.2, -0.15) is 4.89 Å². The predicted octanol–water partition coefficient (Wildman–Crippen LogP) is 2.71. The van der Waals surface area contributed by atoms with Crippen LogP contribution >= 0.6 is 8.03 Å². The highest BCUT2D eigenvalue weighted by atomic mass is 31.1. The van der Waals surface area contributed by atoms with Gasteiger partial charge in [-0.3, -0.25) is 10.1 Å². The number of carbonyl (C=O) groups excluding carboxylic acids is 2. The van der Waals surface area contributed by atoms with E-state index in [-0.39, 0.29) is 24.4 Å². The molecule has 0 saturated heterocycles. The summed E-state index contributed by atoms with van der Waals surface area (Å²) < 4.78 is 33.2. The van der Waals surface area contributed by atoms with Gasteiger partial charge in [0.15, 0.2) is 12.5 Å². The average molecular weight is 340 g/mol. The fourth-order valence-electron chi connectivity index (χ4n) is 1.46. The minimum atomic E-state index is -2.17. The summed E-state index contributed by atoms with van der Waals surface area (Å²) in [6.07, 6.45) is -1.34. The van der Waals surface area contributed by atoms with E-state index >= 15 is 0 Å². The smallest absolute Gasteiger partial charge is 0.428 e. The highest BCUT2D eigenvalue weighted by molar-refractivity contribution is 7.37. The van der Waals surface area contributed by atoms with E-state index in [2.05, 4.69) is 9.47 Å². The van der Waals surface area contributed by atoms with Crippen LogP contribution in [0.25, 0.3) is 0 Å². The van der Waals surface area contributed by atoms with Gasteiger partial charge in [0.05, 0.1) is 5.92 Å². The third kappa shape index (κ3) is 11.4. The molecule has 0 saturated carbocycles. The molecular weight excluding hydrogens is 316 g/mol. The molecule has 0 aromatic heterocycles. The monoisotopic (exact) mass is 340 g/mol. The molecule has 0 radical (unpaired) electrons. The summed E-state index contributed by atoms with van der Waals surface area (Å²) in [6.45, 7) is 4.55. The molecule has 3 atom stereocenters. The number of alkyl halides is 1. The second kappa shape index (κ2) is 11.3. The Kier molecular flexibility index (Phi) is 10.7. The first kappa shape index (κ1) is 20.7. The first-order chi connectivity index (χ1) is 10.2. The van der Waals surface area contributed by atoms with Crippen molar-refractivity contribution in [1.82, 2.24) is 5.32 Å². The molecule has 0 aliphatic heterocycles. The Morgan fingerprint density at radius 2 is 1.82 bits per heavy atom. The number of ether oxygens (including phenoxy) is 2. The molecule has 0 spiro atoms. The summed E-state index contributed by atoms with van der Waals surface area (Å²) in [5, 5.41) is 1.98. The van der Waals surface area contributed by atoms with Gasteiger partial charge in [-0.25, -0.2) is 9.18 Å². The summed E-state index contributed by atoms with van der Waals surface area (Å²) in [5.74, 6) is -0.772. The van der Waals surface area contributed by atoms with Gasteiger partial charge in [0.1, 0.15) is 0 Å². The number of alkyl carbamates (subject to hydrolysis) is 1. The number of halogens is 1. The Hall–Kier alpha value is -1.27. The van der Waals surface area contributed by atoms with E-state index in [1.807, 2.05) is 12.2 Å². The third-order valence-electron chi connectivity index (χ3n) is 2.86. The van der Waals surface area contributed by atoms with E-state index < -0.39 is 33.2 Å². The van der Waals surface area contributed by atoms with Crippen molar-refractivity contribution in [1.29, 1.82) is 0 Å². The first-order valence-corrected chi connectivity index (χ1v) is 8.49. The van der Waals surface area contributed by atoms with Gasteiger partial charge in [0.25, 0.3) is 0 Å². The molecular formula is C13H24FNO6P+. The maximum Gasteiger partial charge on any atom is 0.505 e. The van der Waals surface area contributed by atoms with Gasteiger partial charge in [-0.1, -0.05) is 20.8 Å². The van der Waals surface area contributed by atoms with Crippen molar-refractivity contribution < 1.29 is 32.9 Å². The standard InChI is InChI=1S/C13H23FNO6P/c1-9(2)12(16)20-8-21-13(17)15-11(14)5-4-10(3)6-7-22(18)19/h9-11H,4-8H2,1-3H3,(H-,15,17,18,19)/p+1. The van der Waals surface area contributed by atoms with Crippen molar-refractivity contribution >= 4 is 20.1 Å². The Morgan fingerprint density at radius 1 is 1.18 bits per heavy atom. The molecule has 22 heavy (non-hydrogen) atoms. The summed E-state index contributed by atoms with van der Waals surface area (Å²) in [6, 6.07) is 0. The lowest BCUT2D eigenvalue weighted by Gasteiger charge is -2.13. The lowest BCUT2D eigenvalue weighted by Crippen LogP contribution is -2.33. The van der Waals surface area contributed by atoms with Crippen LogP contribution in [0.4, 0.5) is 9.18 Å². The maximum absolute atomic E-state index is 13.5. The van der Waals surface area contributed by atoms with Gasteiger partial charge < -0.3 is 9.47 Å². The highest BCUT2D eigenvalue weighted by Crippen LogP contribution is 2.20. The number of hydrogen-bond acceptors (Lipinski definition) is 5. The van der Waals surface area contributed by atoms with Crippen molar-refractivity contribution in [3.8, 4) is 0 Å². The molecule has 1 amide bonds. The number of rotatable bonds is 10. The minimum absolute atomic E-state index is 0.0737. The molecule has 0 aliphatic rings. The van der Waals surface area contributed by atoms with Gasteiger partial charge in [0.2, 0.25) is 6.79 Å². The number of amides is 1. The van der Waals surface area contributed by atoms with Crippen LogP contribution in [0.2, 0.25) is 0 Å². The van der Waals surface area contributed by atoms with E-state index in [0.29, 0.717) is 12.8 Å². The van der Waals surface area contributed by atoms with Gasteiger partial charge in [-0.05, 0) is 29.7 Å². The Morgan fingerprint density at radius 3 is 2.36 bits per heavy atom. The second-order valence-electron chi connectivity index (χ2n) is 5.33. The third-order valence-corrected chi connectivity index (χ3v) is 3.50. The second-order valence-corrected chi connectivity index (χ2v) is 6.48. The Bertz CT molecular complexity index is 380. The van der Waals surface area contributed by atoms with Gasteiger partial charge in [0, 0.05) is 0 Å². The maximum atomic E-state index is 13.5.